The van der Waals surface area contributed by atoms with Gasteiger partial charge >= 0.3 is 0 Å². The molecule has 18 heavy (non-hydrogen) atoms. The van der Waals surface area contributed by atoms with Crippen LogP contribution >= 0.6 is 0 Å². The predicted octanol–water partition coefficient (Wildman–Crippen LogP) is 0.634. The van der Waals surface area contributed by atoms with Crippen LogP contribution in [0, 0.1) is 0 Å². The lowest BCUT2D eigenvalue weighted by Gasteiger charge is -2.01. The predicted molar refractivity (Wildman–Crippen MR) is 63.6 cm³/mol. The van der Waals surface area contributed by atoms with E-state index in [4.69, 9.17) is 10.9 Å². The Labute approximate surface area is 103 Å². The molecule has 0 aliphatic heterocycles. The minimum atomic E-state index is -0.0479. The summed E-state index contributed by atoms with van der Waals surface area (Å²) in [5, 5.41) is 15.9. The molecule has 2 aromatic heterocycles. The molecule has 0 amide bonds. The molecule has 92 valence electrons. The summed E-state index contributed by atoms with van der Waals surface area (Å²) in [5.74, 6) is 0.942. The molecule has 1 aliphatic carbocycles. The largest absolute Gasteiger partial charge is 0.409 e. The fourth-order valence-electron chi connectivity index (χ4n) is 1.70. The van der Waals surface area contributed by atoms with Gasteiger partial charge in [0.2, 0.25) is 0 Å². The first-order valence-electron chi connectivity index (χ1n) is 5.65. The fourth-order valence-corrected chi connectivity index (χ4v) is 1.70. The van der Waals surface area contributed by atoms with Crippen LogP contribution in [0.25, 0.3) is 5.95 Å². The molecule has 2 aromatic rings. The van der Waals surface area contributed by atoms with Crippen molar-refractivity contribution in [1.29, 1.82) is 0 Å². The molecule has 1 saturated carbocycles. The van der Waals surface area contributed by atoms with Crippen molar-refractivity contribution in [2.75, 3.05) is 0 Å². The molecule has 0 unspecified atom stereocenters. The molecule has 0 radical (unpaired) electrons. The van der Waals surface area contributed by atoms with Crippen LogP contribution < -0.4 is 5.73 Å². The Bertz CT molecular complexity index is 601. The van der Waals surface area contributed by atoms with E-state index < -0.39 is 0 Å². The summed E-state index contributed by atoms with van der Waals surface area (Å²) >= 11 is 0. The second-order valence-electron chi connectivity index (χ2n) is 4.19. The Kier molecular flexibility index (Phi) is 2.44. The quantitative estimate of drug-likeness (QED) is 0.357. The second kappa shape index (κ2) is 4.10. The number of nitrogens with two attached hydrogens (primary N) is 1. The van der Waals surface area contributed by atoms with Gasteiger partial charge in [0.15, 0.2) is 5.84 Å². The van der Waals surface area contributed by atoms with Crippen LogP contribution in [-0.4, -0.2) is 30.8 Å². The van der Waals surface area contributed by atoms with E-state index in [1.807, 2.05) is 12.3 Å². The van der Waals surface area contributed by atoms with E-state index in [1.54, 1.807) is 16.9 Å². The lowest BCUT2D eigenvalue weighted by atomic mass is 10.3. The number of aromatic nitrogens is 4. The summed E-state index contributed by atoms with van der Waals surface area (Å²) in [7, 11) is 0. The van der Waals surface area contributed by atoms with Crippen LogP contribution in [-0.2, 0) is 0 Å². The van der Waals surface area contributed by atoms with Gasteiger partial charge in [-0.15, -0.1) is 0 Å². The van der Waals surface area contributed by atoms with Crippen LogP contribution in [0.4, 0.5) is 0 Å². The number of hydrogen-bond acceptors (Lipinski definition) is 5. The molecule has 3 rings (SSSR count). The zero-order valence-electron chi connectivity index (χ0n) is 9.56. The van der Waals surface area contributed by atoms with Gasteiger partial charge in [-0.25, -0.2) is 14.6 Å². The third-order valence-electron chi connectivity index (χ3n) is 2.82. The van der Waals surface area contributed by atoms with Crippen LogP contribution in [0.1, 0.15) is 30.1 Å². The van der Waals surface area contributed by atoms with Crippen LogP contribution in [0.5, 0.6) is 0 Å². The lowest BCUT2D eigenvalue weighted by molar-refractivity contribution is 0.318. The maximum absolute atomic E-state index is 8.61. The molecule has 1 fully saturated rings. The van der Waals surface area contributed by atoms with Crippen molar-refractivity contribution in [1.82, 2.24) is 19.7 Å². The summed E-state index contributed by atoms with van der Waals surface area (Å²) in [6, 6.07) is 3.54. The Morgan fingerprint density at radius 3 is 3.00 bits per heavy atom. The molecule has 0 bridgehead atoms. The Balaban J connectivity index is 1.94. The molecule has 2 heterocycles. The highest BCUT2D eigenvalue weighted by Crippen LogP contribution is 2.38. The van der Waals surface area contributed by atoms with E-state index >= 15 is 0 Å². The summed E-state index contributed by atoms with van der Waals surface area (Å²) in [5.41, 5.74) is 6.91. The van der Waals surface area contributed by atoms with Crippen molar-refractivity contribution in [3.63, 3.8) is 0 Å². The van der Waals surface area contributed by atoms with Gasteiger partial charge in [0.1, 0.15) is 5.69 Å². The first-order chi connectivity index (χ1) is 8.78. The number of amidine groups is 1. The van der Waals surface area contributed by atoms with Gasteiger partial charge in [-0.3, -0.25) is 0 Å². The topological polar surface area (TPSA) is 102 Å². The van der Waals surface area contributed by atoms with Crippen LogP contribution in [0.2, 0.25) is 0 Å². The fraction of sp³-hybridized carbons (Fsp3) is 0.273. The highest BCUT2D eigenvalue weighted by Gasteiger charge is 2.26. The molecule has 0 atom stereocenters. The van der Waals surface area contributed by atoms with Crippen molar-refractivity contribution < 1.29 is 5.21 Å². The smallest absolute Gasteiger partial charge is 0.251 e. The minimum Gasteiger partial charge on any atom is -0.409 e. The van der Waals surface area contributed by atoms with E-state index in [-0.39, 0.29) is 5.84 Å². The molecule has 0 saturated heterocycles. The number of rotatable bonds is 3. The van der Waals surface area contributed by atoms with Crippen molar-refractivity contribution in [3.05, 3.63) is 35.9 Å². The number of nitrogens with zero attached hydrogens (tertiary/aromatic N) is 5. The molecule has 3 N–H and O–H groups in total. The van der Waals surface area contributed by atoms with Crippen molar-refractivity contribution >= 4 is 5.84 Å². The summed E-state index contributed by atoms with van der Waals surface area (Å²) in [6.45, 7) is 0. The molecule has 0 spiro atoms. The normalized spacial score (nSPS) is 15.9. The van der Waals surface area contributed by atoms with E-state index in [1.165, 1.54) is 12.8 Å². The Hall–Kier alpha value is -2.44. The molecular weight excluding hydrogens is 232 g/mol. The van der Waals surface area contributed by atoms with Gasteiger partial charge in [0.05, 0.1) is 5.69 Å². The van der Waals surface area contributed by atoms with Gasteiger partial charge < -0.3 is 10.9 Å². The van der Waals surface area contributed by atoms with E-state index in [2.05, 4.69) is 20.2 Å². The zero-order valence-corrected chi connectivity index (χ0v) is 9.56. The standard InChI is InChI=1S/C11H12N6O/c12-10(16-18)9-3-5-13-11(14-9)17-6-4-8(15-17)7-1-2-7/h3-7,18H,1-2H2,(H2,12,16). The zero-order chi connectivity index (χ0) is 12.5. The van der Waals surface area contributed by atoms with E-state index in [0.29, 0.717) is 17.6 Å². The highest BCUT2D eigenvalue weighted by atomic mass is 16.4. The first kappa shape index (κ1) is 10.7. The highest BCUT2D eigenvalue weighted by molar-refractivity contribution is 5.95. The molecule has 7 heteroatoms. The molecule has 7 nitrogen and oxygen atoms in total. The van der Waals surface area contributed by atoms with Crippen molar-refractivity contribution in [2.45, 2.75) is 18.8 Å². The average Bonchev–Trinajstić information content (AvgIpc) is 3.15. The van der Waals surface area contributed by atoms with Gasteiger partial charge in [-0.05, 0) is 25.0 Å². The Morgan fingerprint density at radius 1 is 1.44 bits per heavy atom. The maximum Gasteiger partial charge on any atom is 0.251 e. The molecular formula is C11H12N6O. The number of hydrogen-bond donors (Lipinski definition) is 2. The third kappa shape index (κ3) is 1.90. The summed E-state index contributed by atoms with van der Waals surface area (Å²) < 4.78 is 1.60. The van der Waals surface area contributed by atoms with Gasteiger partial charge in [0, 0.05) is 18.3 Å². The third-order valence-corrected chi connectivity index (χ3v) is 2.82. The Morgan fingerprint density at radius 2 is 2.28 bits per heavy atom. The van der Waals surface area contributed by atoms with Gasteiger partial charge in [-0.1, -0.05) is 5.16 Å². The maximum atomic E-state index is 8.61. The first-order valence-corrected chi connectivity index (χ1v) is 5.65. The SMILES string of the molecule is N/C(=N/O)c1ccnc(-n2ccc(C3CC3)n2)n1. The summed E-state index contributed by atoms with van der Waals surface area (Å²) in [4.78, 5) is 8.30. The number of oxime groups is 1. The van der Waals surface area contributed by atoms with Gasteiger partial charge in [0.25, 0.3) is 5.95 Å². The van der Waals surface area contributed by atoms with Crippen LogP contribution in [0.3, 0.4) is 0 Å². The lowest BCUT2D eigenvalue weighted by Crippen LogP contribution is -2.16. The van der Waals surface area contributed by atoms with Crippen molar-refractivity contribution in [3.8, 4) is 5.95 Å². The van der Waals surface area contributed by atoms with E-state index in [0.717, 1.165) is 5.69 Å². The summed E-state index contributed by atoms with van der Waals surface area (Å²) in [6.07, 6.45) is 5.76. The average molecular weight is 244 g/mol. The van der Waals surface area contributed by atoms with Crippen molar-refractivity contribution in [2.24, 2.45) is 10.9 Å². The monoisotopic (exact) mass is 244 g/mol. The van der Waals surface area contributed by atoms with E-state index in [9.17, 15) is 0 Å². The van der Waals surface area contributed by atoms with Gasteiger partial charge in [-0.2, -0.15) is 5.10 Å². The molecule has 0 aromatic carbocycles. The second-order valence-corrected chi connectivity index (χ2v) is 4.19. The van der Waals surface area contributed by atoms with Crippen LogP contribution in [0.15, 0.2) is 29.7 Å². The molecule has 1 aliphatic rings. The minimum absolute atomic E-state index is 0.0479.